The molecule has 0 aromatic heterocycles. The summed E-state index contributed by atoms with van der Waals surface area (Å²) in [5.41, 5.74) is 0. The van der Waals surface area contributed by atoms with Gasteiger partial charge in [-0.15, -0.1) is 0 Å². The maximum absolute atomic E-state index is 10.3. The average molecular weight is 315 g/mol. The van der Waals surface area contributed by atoms with Crippen LogP contribution in [0.5, 0.6) is 5.75 Å². The zero-order chi connectivity index (χ0) is 16.2. The normalized spacial score (nSPS) is 23.8. The van der Waals surface area contributed by atoms with Crippen LogP contribution in [0, 0.1) is 0 Å². The molecule has 3 atom stereocenters. The number of nitrogens with zero attached hydrogens (tertiary/aromatic N) is 1. The summed E-state index contributed by atoms with van der Waals surface area (Å²) < 4.78 is 11.6. The molecular formula is C19H25NO3. The second-order valence-electron chi connectivity index (χ2n) is 6.42. The van der Waals surface area contributed by atoms with Gasteiger partial charge in [0.05, 0.1) is 12.2 Å². The number of ether oxygens (including phenoxy) is 2. The van der Waals surface area contributed by atoms with E-state index in [9.17, 15) is 5.11 Å². The Bertz CT molecular complexity index is 630. The van der Waals surface area contributed by atoms with Crippen LogP contribution in [0.4, 0.5) is 0 Å². The van der Waals surface area contributed by atoms with Crippen LogP contribution in [-0.4, -0.2) is 54.6 Å². The highest BCUT2D eigenvalue weighted by Gasteiger charge is 2.24. The summed E-state index contributed by atoms with van der Waals surface area (Å²) in [4.78, 5) is 2.25. The third-order valence-electron chi connectivity index (χ3n) is 4.15. The van der Waals surface area contributed by atoms with E-state index in [0.29, 0.717) is 13.2 Å². The Labute approximate surface area is 137 Å². The van der Waals surface area contributed by atoms with Crippen LogP contribution in [0.15, 0.2) is 42.5 Å². The molecule has 0 spiro atoms. The molecule has 1 N–H and O–H groups in total. The first-order valence-corrected chi connectivity index (χ1v) is 8.28. The Morgan fingerprint density at radius 2 is 1.83 bits per heavy atom. The molecule has 3 rings (SSSR count). The monoisotopic (exact) mass is 315 g/mol. The summed E-state index contributed by atoms with van der Waals surface area (Å²) in [5, 5.41) is 12.5. The molecule has 23 heavy (non-hydrogen) atoms. The standard InChI is InChI=1S/C19H25NO3/c1-14-10-20(11-15(2)23-14)12-17(21)13-22-19-9-5-7-16-6-3-4-8-18(16)19/h3-9,14-15,17,21H,10-13H2,1-2H3/t14-,15-,17-/m0/s1. The van der Waals surface area contributed by atoms with Crippen LogP contribution < -0.4 is 4.74 Å². The Kier molecular flexibility index (Phi) is 5.16. The van der Waals surface area contributed by atoms with Crippen LogP contribution >= 0.6 is 0 Å². The molecule has 0 radical (unpaired) electrons. The fourth-order valence-electron chi connectivity index (χ4n) is 3.29. The maximum atomic E-state index is 10.3. The van der Waals surface area contributed by atoms with Crippen molar-refractivity contribution in [1.82, 2.24) is 4.90 Å². The number of rotatable bonds is 5. The molecule has 2 aromatic carbocycles. The lowest BCUT2D eigenvalue weighted by Crippen LogP contribution is -2.48. The number of aliphatic hydroxyl groups excluding tert-OH is 1. The Balaban J connectivity index is 1.57. The largest absolute Gasteiger partial charge is 0.490 e. The summed E-state index contributed by atoms with van der Waals surface area (Å²) in [6, 6.07) is 14.1. The van der Waals surface area contributed by atoms with E-state index in [4.69, 9.17) is 9.47 Å². The molecular weight excluding hydrogens is 290 g/mol. The lowest BCUT2D eigenvalue weighted by atomic mass is 10.1. The van der Waals surface area contributed by atoms with Crippen LogP contribution in [0.2, 0.25) is 0 Å². The Morgan fingerprint density at radius 3 is 2.61 bits per heavy atom. The summed E-state index contributed by atoms with van der Waals surface area (Å²) in [5.74, 6) is 0.825. The van der Waals surface area contributed by atoms with Crippen LogP contribution in [0.3, 0.4) is 0 Å². The van der Waals surface area contributed by atoms with Crippen molar-refractivity contribution in [3.8, 4) is 5.75 Å². The molecule has 1 saturated heterocycles. The summed E-state index contributed by atoms with van der Waals surface area (Å²) in [6.07, 6.45) is -0.0821. The van der Waals surface area contributed by atoms with Gasteiger partial charge in [0, 0.05) is 25.0 Å². The Hall–Kier alpha value is -1.62. The van der Waals surface area contributed by atoms with E-state index in [2.05, 4.69) is 30.9 Å². The van der Waals surface area contributed by atoms with E-state index in [0.717, 1.165) is 29.6 Å². The number of hydrogen-bond acceptors (Lipinski definition) is 4. The summed E-state index contributed by atoms with van der Waals surface area (Å²) in [6.45, 7) is 6.77. The molecule has 0 aliphatic carbocycles. The number of fused-ring (bicyclic) bond motifs is 1. The Morgan fingerprint density at radius 1 is 1.13 bits per heavy atom. The predicted octanol–water partition coefficient (Wildman–Crippen LogP) is 2.69. The molecule has 0 amide bonds. The highest BCUT2D eigenvalue weighted by Crippen LogP contribution is 2.25. The molecule has 1 aliphatic rings. The third kappa shape index (κ3) is 4.22. The molecule has 2 aromatic rings. The molecule has 4 nitrogen and oxygen atoms in total. The first kappa shape index (κ1) is 16.2. The van der Waals surface area contributed by atoms with Gasteiger partial charge in [0.2, 0.25) is 0 Å². The first-order chi connectivity index (χ1) is 11.1. The van der Waals surface area contributed by atoms with Crippen molar-refractivity contribution in [2.75, 3.05) is 26.2 Å². The minimum Gasteiger partial charge on any atom is -0.490 e. The molecule has 0 saturated carbocycles. The fraction of sp³-hybridized carbons (Fsp3) is 0.474. The van der Waals surface area contributed by atoms with Gasteiger partial charge in [-0.25, -0.2) is 0 Å². The van der Waals surface area contributed by atoms with Crippen molar-refractivity contribution in [1.29, 1.82) is 0 Å². The molecule has 1 heterocycles. The number of β-amino-alcohol motifs (C(OH)–C–C–N with tert-alkyl or cyclic N) is 1. The van der Waals surface area contributed by atoms with Gasteiger partial charge >= 0.3 is 0 Å². The molecule has 1 aliphatic heterocycles. The second kappa shape index (κ2) is 7.30. The van der Waals surface area contributed by atoms with Crippen molar-refractivity contribution in [3.63, 3.8) is 0 Å². The summed E-state index contributed by atoms with van der Waals surface area (Å²) >= 11 is 0. The lowest BCUT2D eigenvalue weighted by molar-refractivity contribution is -0.0786. The minimum atomic E-state index is -0.508. The van der Waals surface area contributed by atoms with E-state index in [1.54, 1.807) is 0 Å². The fourth-order valence-corrected chi connectivity index (χ4v) is 3.29. The van der Waals surface area contributed by atoms with Crippen molar-refractivity contribution in [2.45, 2.75) is 32.2 Å². The first-order valence-electron chi connectivity index (χ1n) is 8.28. The van der Waals surface area contributed by atoms with E-state index < -0.39 is 6.10 Å². The molecule has 0 bridgehead atoms. The van der Waals surface area contributed by atoms with Gasteiger partial charge in [0.1, 0.15) is 18.5 Å². The smallest absolute Gasteiger partial charge is 0.127 e. The predicted molar refractivity (Wildman–Crippen MR) is 91.9 cm³/mol. The van der Waals surface area contributed by atoms with E-state index in [1.165, 1.54) is 0 Å². The van der Waals surface area contributed by atoms with Gasteiger partial charge in [-0.3, -0.25) is 4.90 Å². The number of morpholine rings is 1. The zero-order valence-electron chi connectivity index (χ0n) is 13.8. The van der Waals surface area contributed by atoms with Crippen molar-refractivity contribution in [3.05, 3.63) is 42.5 Å². The third-order valence-corrected chi connectivity index (χ3v) is 4.15. The molecule has 4 heteroatoms. The highest BCUT2D eigenvalue weighted by atomic mass is 16.5. The maximum Gasteiger partial charge on any atom is 0.127 e. The van der Waals surface area contributed by atoms with E-state index in [-0.39, 0.29) is 12.2 Å². The number of aliphatic hydroxyl groups is 1. The lowest BCUT2D eigenvalue weighted by Gasteiger charge is -2.36. The molecule has 0 unspecified atom stereocenters. The van der Waals surface area contributed by atoms with Gasteiger partial charge in [-0.05, 0) is 25.3 Å². The average Bonchev–Trinajstić information content (AvgIpc) is 2.52. The van der Waals surface area contributed by atoms with Gasteiger partial charge < -0.3 is 14.6 Å². The van der Waals surface area contributed by atoms with Crippen molar-refractivity contribution >= 4 is 10.8 Å². The molecule has 124 valence electrons. The number of benzene rings is 2. The topological polar surface area (TPSA) is 41.9 Å². The van der Waals surface area contributed by atoms with Crippen LogP contribution in [-0.2, 0) is 4.74 Å². The molecule has 1 fully saturated rings. The summed E-state index contributed by atoms with van der Waals surface area (Å²) in [7, 11) is 0. The minimum absolute atomic E-state index is 0.213. The highest BCUT2D eigenvalue weighted by molar-refractivity contribution is 5.88. The number of hydrogen-bond donors (Lipinski definition) is 1. The van der Waals surface area contributed by atoms with Crippen molar-refractivity contribution in [2.24, 2.45) is 0 Å². The van der Waals surface area contributed by atoms with Gasteiger partial charge in [-0.1, -0.05) is 36.4 Å². The van der Waals surface area contributed by atoms with Crippen LogP contribution in [0.1, 0.15) is 13.8 Å². The second-order valence-corrected chi connectivity index (χ2v) is 6.42. The van der Waals surface area contributed by atoms with Gasteiger partial charge in [0.15, 0.2) is 0 Å². The quantitative estimate of drug-likeness (QED) is 0.921. The van der Waals surface area contributed by atoms with Gasteiger partial charge in [0.25, 0.3) is 0 Å². The SMILES string of the molecule is C[C@H]1CN(C[C@H](O)COc2cccc3ccccc23)C[C@H](C)O1. The van der Waals surface area contributed by atoms with E-state index in [1.807, 2.05) is 30.3 Å². The zero-order valence-corrected chi connectivity index (χ0v) is 13.8. The van der Waals surface area contributed by atoms with Crippen LogP contribution in [0.25, 0.3) is 10.8 Å². The van der Waals surface area contributed by atoms with E-state index >= 15 is 0 Å². The van der Waals surface area contributed by atoms with Crippen molar-refractivity contribution < 1.29 is 14.6 Å². The van der Waals surface area contributed by atoms with Gasteiger partial charge in [-0.2, -0.15) is 0 Å².